The zero-order valence-corrected chi connectivity index (χ0v) is 10.5. The molecule has 0 saturated carbocycles. The third-order valence-corrected chi connectivity index (χ3v) is 1.22. The van der Waals surface area contributed by atoms with Crippen LogP contribution < -0.4 is 11.5 Å². The van der Waals surface area contributed by atoms with Crippen molar-refractivity contribution in [3.05, 3.63) is 34.9 Å². The van der Waals surface area contributed by atoms with E-state index < -0.39 is 5.97 Å². The Morgan fingerprint density at radius 1 is 1.41 bits per heavy atom. The average molecular weight is 264 g/mol. The third-order valence-electron chi connectivity index (χ3n) is 0.980. The highest BCUT2D eigenvalue weighted by molar-refractivity contribution is 6.30. The van der Waals surface area contributed by atoms with Crippen LogP contribution >= 0.6 is 11.6 Å². The second kappa shape index (κ2) is 12.3. The van der Waals surface area contributed by atoms with Crippen molar-refractivity contribution in [3.63, 3.8) is 0 Å². The van der Waals surface area contributed by atoms with E-state index in [0.29, 0.717) is 0 Å². The number of hydrogen-bond acceptors (Lipinski definition) is 2. The van der Waals surface area contributed by atoms with Crippen LogP contribution in [0.1, 0.15) is 12.5 Å². The van der Waals surface area contributed by atoms with E-state index in [2.05, 4.69) is 11.5 Å². The Kier molecular flexibility index (Phi) is 14.9. The Morgan fingerprint density at radius 2 is 1.76 bits per heavy atom. The van der Waals surface area contributed by atoms with Crippen LogP contribution in [-0.4, -0.2) is 22.5 Å². The summed E-state index contributed by atoms with van der Waals surface area (Å²) in [4.78, 5) is 9.00. The lowest BCUT2D eigenvalue weighted by atomic mass is 10.2. The molecule has 98 valence electrons. The molecular weight excluding hydrogens is 246 g/mol. The molecule has 0 fully saturated rings. The molecule has 0 saturated heterocycles. The number of nitrogens with two attached hydrogens (primary N) is 2. The Morgan fingerprint density at radius 3 is 1.94 bits per heavy atom. The molecule has 0 aromatic heterocycles. The van der Waals surface area contributed by atoms with E-state index in [1.165, 1.54) is 5.56 Å². The molecule has 0 heterocycles. The zero-order valence-electron chi connectivity index (χ0n) is 9.70. The van der Waals surface area contributed by atoms with E-state index in [-0.39, 0.29) is 11.4 Å². The summed E-state index contributed by atoms with van der Waals surface area (Å²) in [7, 11) is 0. The molecule has 1 aromatic rings. The molecule has 7 heteroatoms. The summed E-state index contributed by atoms with van der Waals surface area (Å²) < 4.78 is 0. The summed E-state index contributed by atoms with van der Waals surface area (Å²) in [5.41, 5.74) is 10.2. The van der Waals surface area contributed by atoms with Crippen LogP contribution in [0.2, 0.25) is 5.02 Å². The minimum absolute atomic E-state index is 0. The lowest BCUT2D eigenvalue weighted by molar-refractivity contribution is -0.134. The smallest absolute Gasteiger partial charge is 0.300 e. The third kappa shape index (κ3) is 31.4. The number of hydrogen-bond donors (Lipinski definition) is 4. The normalized spacial score (nSPS) is 7.24. The van der Waals surface area contributed by atoms with Crippen molar-refractivity contribution in [2.45, 2.75) is 13.8 Å². The molecule has 0 spiro atoms. The molecule has 1 rings (SSSR count). The topological polar surface area (TPSA) is 145 Å². The highest BCUT2D eigenvalue weighted by Gasteiger charge is 1.82. The van der Waals surface area contributed by atoms with Crippen molar-refractivity contribution in [3.8, 4) is 0 Å². The fourth-order valence-corrected chi connectivity index (χ4v) is 0.850. The average Bonchev–Trinajstić information content (AvgIpc) is 2.00. The summed E-state index contributed by atoms with van der Waals surface area (Å²) in [5, 5.41) is 14.3. The van der Waals surface area contributed by atoms with Gasteiger partial charge in [0, 0.05) is 11.9 Å². The number of carboxylic acid groups (broad SMARTS) is 1. The number of carbonyl (C=O) groups is 1. The predicted molar refractivity (Wildman–Crippen MR) is 69.2 cm³/mol. The predicted octanol–water partition coefficient (Wildman–Crippen LogP) is 0.753. The number of rotatable bonds is 0. The van der Waals surface area contributed by atoms with Crippen LogP contribution in [-0.2, 0) is 4.79 Å². The molecular formula is C10H18ClN3O3. The van der Waals surface area contributed by atoms with Crippen molar-refractivity contribution in [1.82, 2.24) is 0 Å². The van der Waals surface area contributed by atoms with Gasteiger partial charge < -0.3 is 22.1 Å². The maximum atomic E-state index is 9.00. The summed E-state index contributed by atoms with van der Waals surface area (Å²) in [6.45, 7) is 3.10. The van der Waals surface area contributed by atoms with E-state index in [4.69, 9.17) is 26.9 Å². The van der Waals surface area contributed by atoms with Crippen LogP contribution in [0.15, 0.2) is 24.3 Å². The Hall–Kier alpha value is -1.79. The van der Waals surface area contributed by atoms with E-state index in [0.717, 1.165) is 11.9 Å². The first-order valence-electron chi connectivity index (χ1n) is 4.27. The maximum absolute atomic E-state index is 9.00. The first kappa shape index (κ1) is 20.6. The van der Waals surface area contributed by atoms with Crippen molar-refractivity contribution in [2.75, 3.05) is 0 Å². The number of guanidine groups is 1. The van der Waals surface area contributed by atoms with E-state index in [9.17, 15) is 0 Å². The van der Waals surface area contributed by atoms with Gasteiger partial charge in [-0.05, 0) is 24.6 Å². The van der Waals surface area contributed by atoms with Gasteiger partial charge >= 0.3 is 0 Å². The first-order chi connectivity index (χ1) is 7.25. The molecule has 0 atom stereocenters. The van der Waals surface area contributed by atoms with E-state index in [1.54, 1.807) is 0 Å². The molecule has 6 nitrogen and oxygen atoms in total. The molecule has 1 aromatic carbocycles. The molecule has 0 amide bonds. The Bertz CT molecular complexity index is 308. The van der Waals surface area contributed by atoms with Crippen molar-refractivity contribution >= 4 is 23.5 Å². The number of aliphatic carboxylic acids is 1. The Labute approximate surface area is 105 Å². The van der Waals surface area contributed by atoms with Gasteiger partial charge in [-0.3, -0.25) is 10.2 Å². The number of nitrogens with one attached hydrogen (secondary N) is 1. The van der Waals surface area contributed by atoms with Gasteiger partial charge in [0.15, 0.2) is 5.96 Å². The number of halogens is 1. The SMILES string of the molecule is CC(=O)O.Cc1cccc(Cl)c1.N=C(N)N.O. The van der Waals surface area contributed by atoms with Gasteiger partial charge in [-0.1, -0.05) is 23.7 Å². The van der Waals surface area contributed by atoms with Crippen LogP contribution in [0.3, 0.4) is 0 Å². The number of carboxylic acids is 1. The molecule has 0 aliphatic carbocycles. The minimum Gasteiger partial charge on any atom is -0.481 e. The quantitative estimate of drug-likeness (QED) is 0.404. The molecule has 0 bridgehead atoms. The highest BCUT2D eigenvalue weighted by Crippen LogP contribution is 2.08. The van der Waals surface area contributed by atoms with Gasteiger partial charge in [0.1, 0.15) is 0 Å². The standard InChI is InChI=1S/C7H7Cl.C2H4O2.CH5N3.H2O/c1-6-3-2-4-7(8)5-6;1-2(3)4;2-1(3)4;/h2-5H,1H3;1H3,(H,3,4);(H5,2,3,4);1H2. The summed E-state index contributed by atoms with van der Waals surface area (Å²) in [6.07, 6.45) is 0. The Balaban J connectivity index is -0.000000189. The van der Waals surface area contributed by atoms with Crippen LogP contribution in [0.5, 0.6) is 0 Å². The van der Waals surface area contributed by atoms with Gasteiger partial charge in [-0.25, -0.2) is 0 Å². The van der Waals surface area contributed by atoms with Gasteiger partial charge in [-0.2, -0.15) is 0 Å². The molecule has 0 aliphatic rings. The van der Waals surface area contributed by atoms with Gasteiger partial charge in [-0.15, -0.1) is 0 Å². The fraction of sp³-hybridized carbons (Fsp3) is 0.200. The fourth-order valence-electron chi connectivity index (χ4n) is 0.606. The van der Waals surface area contributed by atoms with E-state index >= 15 is 0 Å². The number of aryl methyl sites for hydroxylation is 1. The van der Waals surface area contributed by atoms with E-state index in [1.807, 2.05) is 31.2 Å². The van der Waals surface area contributed by atoms with Gasteiger partial charge in [0.25, 0.3) is 5.97 Å². The molecule has 0 unspecified atom stereocenters. The van der Waals surface area contributed by atoms with Crippen LogP contribution in [0.4, 0.5) is 0 Å². The molecule has 17 heavy (non-hydrogen) atoms. The maximum Gasteiger partial charge on any atom is 0.300 e. The first-order valence-corrected chi connectivity index (χ1v) is 4.64. The largest absolute Gasteiger partial charge is 0.481 e. The highest BCUT2D eigenvalue weighted by atomic mass is 35.5. The second-order valence-electron chi connectivity index (χ2n) is 2.77. The summed E-state index contributed by atoms with van der Waals surface area (Å²) in [5.74, 6) is -1.17. The monoisotopic (exact) mass is 263 g/mol. The van der Waals surface area contributed by atoms with Crippen molar-refractivity contribution in [2.24, 2.45) is 11.5 Å². The second-order valence-corrected chi connectivity index (χ2v) is 3.21. The van der Waals surface area contributed by atoms with Gasteiger partial charge in [0.2, 0.25) is 0 Å². The van der Waals surface area contributed by atoms with Crippen molar-refractivity contribution < 1.29 is 15.4 Å². The van der Waals surface area contributed by atoms with Crippen molar-refractivity contribution in [1.29, 1.82) is 5.41 Å². The van der Waals surface area contributed by atoms with Gasteiger partial charge in [0.05, 0.1) is 0 Å². The lowest BCUT2D eigenvalue weighted by Crippen LogP contribution is -2.20. The molecule has 0 aliphatic heterocycles. The zero-order chi connectivity index (χ0) is 13.1. The molecule has 8 N–H and O–H groups in total. The van der Waals surface area contributed by atoms with Crippen LogP contribution in [0.25, 0.3) is 0 Å². The van der Waals surface area contributed by atoms with Crippen LogP contribution in [0, 0.1) is 12.3 Å². The summed E-state index contributed by atoms with van der Waals surface area (Å²) >= 11 is 5.64. The summed E-state index contributed by atoms with van der Waals surface area (Å²) in [6, 6.07) is 7.76. The minimum atomic E-state index is -0.833. The molecule has 0 radical (unpaired) electrons. The number of benzene rings is 1. The lowest BCUT2D eigenvalue weighted by Gasteiger charge is -1.88.